The number of imidazole rings is 1. The lowest BCUT2D eigenvalue weighted by Crippen LogP contribution is -2.45. The quantitative estimate of drug-likeness (QED) is 0.682. The number of carbonyl (C=O) groups is 1. The van der Waals surface area contributed by atoms with E-state index >= 15 is 0 Å². The number of aryl methyl sites for hydroxylation is 1. The van der Waals surface area contributed by atoms with E-state index in [1.165, 1.54) is 5.56 Å². The number of ether oxygens (including phenoxy) is 1. The summed E-state index contributed by atoms with van der Waals surface area (Å²) in [6.07, 6.45) is 2.79. The van der Waals surface area contributed by atoms with Gasteiger partial charge in [0.15, 0.2) is 0 Å². The Morgan fingerprint density at radius 1 is 1.30 bits per heavy atom. The Morgan fingerprint density at radius 3 is 3.04 bits per heavy atom. The number of rotatable bonds is 2. The molecule has 1 atom stereocenters. The monoisotopic (exact) mass is 379 g/mol. The summed E-state index contributed by atoms with van der Waals surface area (Å²) in [7, 11) is 0. The predicted molar refractivity (Wildman–Crippen MR) is 105 cm³/mol. The van der Waals surface area contributed by atoms with Gasteiger partial charge in [0.05, 0.1) is 25.0 Å². The number of hydrogen-bond acceptors (Lipinski definition) is 4. The lowest BCUT2D eigenvalue weighted by atomic mass is 10.0. The van der Waals surface area contributed by atoms with Crippen LogP contribution in [0.3, 0.4) is 0 Å². The van der Waals surface area contributed by atoms with Crippen molar-refractivity contribution in [2.75, 3.05) is 13.1 Å². The van der Waals surface area contributed by atoms with Gasteiger partial charge in [0.2, 0.25) is 0 Å². The number of amides is 1. The van der Waals surface area contributed by atoms with Crippen molar-refractivity contribution in [3.8, 4) is 11.3 Å². The van der Waals surface area contributed by atoms with Gasteiger partial charge in [0.25, 0.3) is 5.91 Å². The van der Waals surface area contributed by atoms with Crippen molar-refractivity contribution < 1.29 is 9.53 Å². The van der Waals surface area contributed by atoms with E-state index < -0.39 is 0 Å². The number of hydrogen-bond donors (Lipinski definition) is 0. The summed E-state index contributed by atoms with van der Waals surface area (Å²) in [4.78, 5) is 19.4. The predicted octanol–water partition coefficient (Wildman–Crippen LogP) is 3.74. The highest BCUT2D eigenvalue weighted by atomic mass is 32.1. The Labute approximate surface area is 162 Å². The molecular weight excluding hydrogens is 358 g/mol. The van der Waals surface area contributed by atoms with E-state index in [9.17, 15) is 4.79 Å². The van der Waals surface area contributed by atoms with Crippen LogP contribution in [-0.4, -0.2) is 39.0 Å². The second kappa shape index (κ2) is 6.32. The molecule has 5 rings (SSSR count). The molecule has 138 valence electrons. The van der Waals surface area contributed by atoms with E-state index in [1.54, 1.807) is 11.3 Å². The van der Waals surface area contributed by atoms with Crippen LogP contribution in [0.2, 0.25) is 0 Å². The summed E-state index contributed by atoms with van der Waals surface area (Å²) in [5.74, 6) is 1.05. The zero-order valence-corrected chi connectivity index (χ0v) is 16.0. The summed E-state index contributed by atoms with van der Waals surface area (Å²) in [6, 6.07) is 9.93. The molecule has 4 heterocycles. The first kappa shape index (κ1) is 16.7. The Morgan fingerprint density at radius 2 is 2.22 bits per heavy atom. The molecule has 2 aliphatic heterocycles. The van der Waals surface area contributed by atoms with Crippen LogP contribution in [0.25, 0.3) is 11.3 Å². The molecular formula is C21H21N3O2S. The molecule has 1 aromatic carbocycles. The third kappa shape index (κ3) is 2.89. The molecule has 0 radical (unpaired) electrons. The van der Waals surface area contributed by atoms with Crippen molar-refractivity contribution in [1.82, 2.24) is 14.5 Å². The van der Waals surface area contributed by atoms with Crippen molar-refractivity contribution in [3.63, 3.8) is 0 Å². The van der Waals surface area contributed by atoms with Gasteiger partial charge in [0, 0.05) is 23.1 Å². The molecule has 0 unspecified atom stereocenters. The number of nitrogens with zero attached hydrogens (tertiary/aromatic N) is 3. The Bertz CT molecular complexity index is 995. The highest BCUT2D eigenvalue weighted by molar-refractivity contribution is 7.08. The van der Waals surface area contributed by atoms with Crippen LogP contribution >= 0.6 is 11.3 Å². The molecule has 27 heavy (non-hydrogen) atoms. The fraction of sp³-hybridized carbons (Fsp3) is 0.333. The van der Waals surface area contributed by atoms with Gasteiger partial charge in [-0.15, -0.1) is 0 Å². The van der Waals surface area contributed by atoms with E-state index in [0.29, 0.717) is 13.2 Å². The lowest BCUT2D eigenvalue weighted by molar-refractivity contribution is -0.0804. The number of thiophene rings is 1. The molecule has 0 N–H and O–H groups in total. The van der Waals surface area contributed by atoms with Gasteiger partial charge in [-0.25, -0.2) is 4.98 Å². The fourth-order valence-corrected chi connectivity index (χ4v) is 4.77. The van der Waals surface area contributed by atoms with Crippen LogP contribution in [0.4, 0.5) is 0 Å². The van der Waals surface area contributed by atoms with Crippen molar-refractivity contribution in [3.05, 3.63) is 64.2 Å². The van der Waals surface area contributed by atoms with Crippen molar-refractivity contribution >= 4 is 17.2 Å². The Balaban J connectivity index is 1.39. The second-order valence-electron chi connectivity index (χ2n) is 7.48. The van der Waals surface area contributed by atoms with Gasteiger partial charge in [0.1, 0.15) is 18.0 Å². The molecule has 3 aromatic rings. The molecule has 1 saturated heterocycles. The average Bonchev–Trinajstić information content (AvgIpc) is 3.41. The van der Waals surface area contributed by atoms with Gasteiger partial charge in [-0.2, -0.15) is 11.3 Å². The zero-order chi connectivity index (χ0) is 18.4. The highest BCUT2D eigenvalue weighted by Gasteiger charge is 2.44. The van der Waals surface area contributed by atoms with Gasteiger partial charge < -0.3 is 14.2 Å². The maximum absolute atomic E-state index is 12.9. The van der Waals surface area contributed by atoms with Crippen LogP contribution < -0.4 is 0 Å². The van der Waals surface area contributed by atoms with Crippen LogP contribution in [0, 0.1) is 6.92 Å². The summed E-state index contributed by atoms with van der Waals surface area (Å²) in [5, 5.41) is 4.23. The second-order valence-corrected chi connectivity index (χ2v) is 8.26. The largest absolute Gasteiger partial charge is 0.363 e. The van der Waals surface area contributed by atoms with Gasteiger partial charge >= 0.3 is 0 Å². The number of benzene rings is 1. The van der Waals surface area contributed by atoms with Crippen molar-refractivity contribution in [1.29, 1.82) is 0 Å². The van der Waals surface area contributed by atoms with E-state index in [0.717, 1.165) is 42.2 Å². The maximum atomic E-state index is 12.9. The number of aromatic nitrogens is 2. The Hall–Kier alpha value is -2.44. The summed E-state index contributed by atoms with van der Waals surface area (Å²) < 4.78 is 8.52. The maximum Gasteiger partial charge on any atom is 0.253 e. The van der Waals surface area contributed by atoms with Crippen LogP contribution in [0.15, 0.2) is 47.3 Å². The topological polar surface area (TPSA) is 47.4 Å². The lowest BCUT2D eigenvalue weighted by Gasteiger charge is -2.35. The number of carbonyl (C=O) groups excluding carboxylic acids is 1. The molecule has 0 aliphatic carbocycles. The molecule has 6 heteroatoms. The number of fused-ring (bicyclic) bond motifs is 1. The average molecular weight is 379 g/mol. The molecule has 1 spiro atoms. The number of likely N-dealkylation sites (tertiary alicyclic amines) is 1. The van der Waals surface area contributed by atoms with Crippen molar-refractivity contribution in [2.45, 2.75) is 32.1 Å². The normalized spacial score (nSPS) is 21.6. The third-order valence-corrected chi connectivity index (χ3v) is 6.26. The first-order chi connectivity index (χ1) is 13.1. The molecule has 5 nitrogen and oxygen atoms in total. The van der Waals surface area contributed by atoms with E-state index in [4.69, 9.17) is 4.74 Å². The Kier molecular flexibility index (Phi) is 3.91. The van der Waals surface area contributed by atoms with E-state index in [2.05, 4.69) is 26.4 Å². The molecule has 0 saturated carbocycles. The minimum atomic E-state index is -0.321. The fourth-order valence-electron chi connectivity index (χ4n) is 4.12. The van der Waals surface area contributed by atoms with E-state index in [-0.39, 0.29) is 11.5 Å². The third-order valence-electron chi connectivity index (χ3n) is 5.58. The van der Waals surface area contributed by atoms with Crippen molar-refractivity contribution in [2.24, 2.45) is 0 Å². The smallest absolute Gasteiger partial charge is 0.253 e. The minimum Gasteiger partial charge on any atom is -0.363 e. The van der Waals surface area contributed by atoms with Gasteiger partial charge in [-0.3, -0.25) is 4.79 Å². The first-order valence-electron chi connectivity index (χ1n) is 9.20. The van der Waals surface area contributed by atoms with Gasteiger partial charge in [-0.05, 0) is 36.9 Å². The van der Waals surface area contributed by atoms with Crippen LogP contribution in [0.1, 0.15) is 28.2 Å². The summed E-state index contributed by atoms with van der Waals surface area (Å²) >= 11 is 1.69. The van der Waals surface area contributed by atoms with Crippen LogP contribution in [-0.2, 0) is 17.9 Å². The minimum absolute atomic E-state index is 0.0914. The first-order valence-corrected chi connectivity index (χ1v) is 10.1. The molecule has 2 aliphatic rings. The van der Waals surface area contributed by atoms with Gasteiger partial charge in [-0.1, -0.05) is 17.7 Å². The van der Waals surface area contributed by atoms with Crippen LogP contribution in [0.5, 0.6) is 0 Å². The zero-order valence-electron chi connectivity index (χ0n) is 15.2. The molecule has 1 amide bonds. The summed E-state index contributed by atoms with van der Waals surface area (Å²) in [6.45, 7) is 4.60. The molecule has 1 fully saturated rings. The van der Waals surface area contributed by atoms with E-state index in [1.807, 2.05) is 42.3 Å². The highest BCUT2D eigenvalue weighted by Crippen LogP contribution is 2.36. The summed E-state index contributed by atoms with van der Waals surface area (Å²) in [5.41, 5.74) is 3.87. The standard InChI is InChI=1S/C21H21N3O2S/c1-15-3-2-4-16(9-15)20(25)23-7-6-21(13-23)14-24-18(17-5-8-27-12-17)10-22-19(24)11-26-21/h2-5,8-10,12H,6-7,11,13-14H2,1H3/t21-/m1/s1. The molecule has 0 bridgehead atoms. The SMILES string of the molecule is Cc1cccc(C(=O)N2CC[C@@]3(C2)Cn2c(-c4ccsc4)cnc2CO3)c1. The molecule has 2 aromatic heterocycles.